The molecule has 5 rings (SSSR count). The lowest BCUT2D eigenvalue weighted by Crippen LogP contribution is -2.71. The maximum absolute atomic E-state index is 13.6. The number of nitrogens with zero attached hydrogens (tertiary/aromatic N) is 5. The zero-order valence-electron chi connectivity index (χ0n) is 18.1. The molecule has 0 aromatic carbocycles. The van der Waals surface area contributed by atoms with E-state index in [0.717, 1.165) is 12.8 Å². The van der Waals surface area contributed by atoms with Gasteiger partial charge in [0, 0.05) is 4.75 Å². The smallest absolute Gasteiger partial charge is 0.250 e. The van der Waals surface area contributed by atoms with Gasteiger partial charge in [-0.05, 0) is 56.9 Å². The topological polar surface area (TPSA) is 107 Å². The first-order valence-electron chi connectivity index (χ1n) is 11.1. The summed E-state index contributed by atoms with van der Waals surface area (Å²) in [6.45, 7) is 8.27. The molecule has 1 saturated carbocycles. The highest BCUT2D eigenvalue weighted by Crippen LogP contribution is 2.58. The third-order valence-corrected chi connectivity index (χ3v) is 8.85. The van der Waals surface area contributed by atoms with Crippen LogP contribution < -0.4 is 5.32 Å². The number of rotatable bonds is 3. The standard InChI is InChI=1S/C20H31N7O2S/c1-19(2)14(15-22-24-25-23-15)26-17(29)13(18(26)30-19)27-16(28)12(21-20(27,3)4)11-9-7-5-6-8-10-11/h11-14,18,21H,5-10H2,1-4H3,(H,22,23,24,25)/t12?,13?,14?,18-/m1/s1. The van der Waals surface area contributed by atoms with E-state index in [1.165, 1.54) is 25.7 Å². The largest absolute Gasteiger partial charge is 0.314 e. The van der Waals surface area contributed by atoms with Crippen LogP contribution in [0.2, 0.25) is 0 Å². The number of amides is 2. The molecule has 1 aliphatic carbocycles. The summed E-state index contributed by atoms with van der Waals surface area (Å²) in [4.78, 5) is 30.7. The van der Waals surface area contributed by atoms with E-state index in [1.807, 2.05) is 23.6 Å². The highest BCUT2D eigenvalue weighted by molar-refractivity contribution is 8.01. The predicted molar refractivity (Wildman–Crippen MR) is 112 cm³/mol. The molecular formula is C20H31N7O2S. The normalized spacial score (nSPS) is 36.0. The summed E-state index contributed by atoms with van der Waals surface area (Å²) in [5.41, 5.74) is -0.545. The number of hydrogen-bond donors (Lipinski definition) is 2. The minimum absolute atomic E-state index is 0.00998. The van der Waals surface area contributed by atoms with E-state index in [0.29, 0.717) is 11.7 Å². The van der Waals surface area contributed by atoms with Gasteiger partial charge in [-0.3, -0.25) is 14.9 Å². The van der Waals surface area contributed by atoms with E-state index < -0.39 is 11.7 Å². The van der Waals surface area contributed by atoms with Gasteiger partial charge in [0.1, 0.15) is 17.5 Å². The molecule has 164 valence electrons. The summed E-state index contributed by atoms with van der Waals surface area (Å²) < 4.78 is -0.253. The molecule has 4 atom stereocenters. The number of thioether (sulfide) groups is 1. The Morgan fingerprint density at radius 1 is 1.03 bits per heavy atom. The summed E-state index contributed by atoms with van der Waals surface area (Å²) >= 11 is 1.73. The summed E-state index contributed by atoms with van der Waals surface area (Å²) in [5.74, 6) is 1.04. The molecule has 1 aromatic rings. The third kappa shape index (κ3) is 2.90. The molecule has 0 bridgehead atoms. The quantitative estimate of drug-likeness (QED) is 0.553. The van der Waals surface area contributed by atoms with Crippen LogP contribution in [0.15, 0.2) is 0 Å². The van der Waals surface area contributed by atoms with Crippen molar-refractivity contribution in [1.29, 1.82) is 0 Å². The number of aromatic nitrogens is 4. The van der Waals surface area contributed by atoms with Crippen molar-refractivity contribution in [1.82, 2.24) is 35.7 Å². The summed E-state index contributed by atoms with van der Waals surface area (Å²) in [6.07, 6.45) is 7.06. The second kappa shape index (κ2) is 6.91. The number of nitrogens with one attached hydrogen (secondary N) is 2. The van der Waals surface area contributed by atoms with Crippen LogP contribution in [0.4, 0.5) is 0 Å². The molecule has 4 fully saturated rings. The fraction of sp³-hybridized carbons (Fsp3) is 0.850. The van der Waals surface area contributed by atoms with Crippen molar-refractivity contribution in [3.8, 4) is 0 Å². The maximum Gasteiger partial charge on any atom is 0.250 e. The lowest BCUT2D eigenvalue weighted by atomic mass is 9.91. The number of aromatic amines is 1. The monoisotopic (exact) mass is 433 g/mol. The predicted octanol–water partition coefficient (Wildman–Crippen LogP) is 1.81. The molecule has 3 aliphatic heterocycles. The van der Waals surface area contributed by atoms with Gasteiger partial charge in [-0.25, -0.2) is 5.10 Å². The van der Waals surface area contributed by atoms with Crippen molar-refractivity contribution < 1.29 is 9.59 Å². The van der Waals surface area contributed by atoms with E-state index in [4.69, 9.17) is 0 Å². The molecule has 1 aromatic heterocycles. The molecule has 0 spiro atoms. The van der Waals surface area contributed by atoms with Crippen LogP contribution in [0.5, 0.6) is 0 Å². The van der Waals surface area contributed by atoms with Crippen LogP contribution in [0.25, 0.3) is 0 Å². The number of hydrogen-bond acceptors (Lipinski definition) is 7. The Balaban J connectivity index is 1.41. The minimum Gasteiger partial charge on any atom is -0.314 e. The highest BCUT2D eigenvalue weighted by atomic mass is 32.2. The van der Waals surface area contributed by atoms with E-state index in [1.54, 1.807) is 11.8 Å². The maximum atomic E-state index is 13.6. The summed E-state index contributed by atoms with van der Waals surface area (Å²) in [6, 6.07) is -0.854. The molecular weight excluding hydrogens is 402 g/mol. The third-order valence-electron chi connectivity index (χ3n) is 7.30. The van der Waals surface area contributed by atoms with Gasteiger partial charge in [-0.2, -0.15) is 0 Å². The van der Waals surface area contributed by atoms with Gasteiger partial charge in [0.25, 0.3) is 0 Å². The van der Waals surface area contributed by atoms with Gasteiger partial charge >= 0.3 is 0 Å². The van der Waals surface area contributed by atoms with Crippen LogP contribution in [0.3, 0.4) is 0 Å². The van der Waals surface area contributed by atoms with E-state index >= 15 is 0 Å². The summed E-state index contributed by atoms with van der Waals surface area (Å²) in [7, 11) is 0. The number of fused-ring (bicyclic) bond motifs is 1. The van der Waals surface area contributed by atoms with Crippen molar-refractivity contribution in [3.05, 3.63) is 5.82 Å². The molecule has 2 amide bonds. The van der Waals surface area contributed by atoms with Gasteiger partial charge < -0.3 is 9.80 Å². The van der Waals surface area contributed by atoms with Gasteiger partial charge in [-0.1, -0.05) is 25.7 Å². The Morgan fingerprint density at radius 2 is 1.73 bits per heavy atom. The minimum atomic E-state index is -0.545. The molecule has 3 unspecified atom stereocenters. The Labute approximate surface area is 181 Å². The van der Waals surface area contributed by atoms with Crippen molar-refractivity contribution in [2.75, 3.05) is 0 Å². The fourth-order valence-corrected chi connectivity index (χ4v) is 7.63. The van der Waals surface area contributed by atoms with Crippen molar-refractivity contribution in [3.63, 3.8) is 0 Å². The number of carbonyl (C=O) groups is 2. The first-order chi connectivity index (χ1) is 14.2. The SMILES string of the molecule is CC1(C)S[C@@H]2C(N3C(=O)C(C4CCCCCC4)NC3(C)C)C(=O)N2C1c1nnn[nH]1. The second-order valence-electron chi connectivity index (χ2n) is 10.1. The molecule has 4 heterocycles. The van der Waals surface area contributed by atoms with Crippen LogP contribution in [0, 0.1) is 5.92 Å². The first-order valence-corrected chi connectivity index (χ1v) is 11.9. The molecule has 2 N–H and O–H groups in total. The molecule has 10 heteroatoms. The number of β-lactam (4-membered cyclic amide) rings is 1. The molecule has 9 nitrogen and oxygen atoms in total. The molecule has 3 saturated heterocycles. The van der Waals surface area contributed by atoms with Gasteiger partial charge in [0.05, 0.1) is 11.7 Å². The lowest BCUT2D eigenvalue weighted by Gasteiger charge is -2.50. The second-order valence-corrected chi connectivity index (χ2v) is 11.9. The van der Waals surface area contributed by atoms with Crippen LogP contribution in [-0.2, 0) is 9.59 Å². The van der Waals surface area contributed by atoms with Crippen molar-refractivity contribution in [2.45, 2.75) is 100 Å². The van der Waals surface area contributed by atoms with Crippen LogP contribution in [-0.4, -0.2) is 70.1 Å². The van der Waals surface area contributed by atoms with Gasteiger partial charge in [0.2, 0.25) is 11.8 Å². The first kappa shape index (κ1) is 20.2. The molecule has 30 heavy (non-hydrogen) atoms. The van der Waals surface area contributed by atoms with Gasteiger partial charge in [-0.15, -0.1) is 16.9 Å². The van der Waals surface area contributed by atoms with Crippen LogP contribution in [0.1, 0.15) is 78.1 Å². The highest BCUT2D eigenvalue weighted by Gasteiger charge is 2.67. The van der Waals surface area contributed by atoms with E-state index in [2.05, 4.69) is 39.8 Å². The fourth-order valence-electron chi connectivity index (χ4n) is 5.94. The zero-order valence-corrected chi connectivity index (χ0v) is 18.9. The molecule has 4 aliphatic rings. The Hall–Kier alpha value is -1.68. The average Bonchev–Trinajstić information content (AvgIpc) is 3.25. The zero-order chi connectivity index (χ0) is 21.3. The lowest BCUT2D eigenvalue weighted by molar-refractivity contribution is -0.165. The Kier molecular flexibility index (Phi) is 4.66. The number of tetrazole rings is 1. The van der Waals surface area contributed by atoms with Crippen molar-refractivity contribution in [2.24, 2.45) is 5.92 Å². The number of carbonyl (C=O) groups excluding carboxylic acids is 2. The molecule has 0 radical (unpaired) electrons. The number of H-pyrrole nitrogens is 1. The Bertz CT molecular complexity index is 834. The van der Waals surface area contributed by atoms with E-state index in [9.17, 15) is 9.59 Å². The summed E-state index contributed by atoms with van der Waals surface area (Å²) in [5, 5.41) is 17.8. The van der Waals surface area contributed by atoms with Crippen molar-refractivity contribution >= 4 is 23.6 Å². The Morgan fingerprint density at radius 3 is 2.37 bits per heavy atom. The van der Waals surface area contributed by atoms with Crippen LogP contribution >= 0.6 is 11.8 Å². The van der Waals surface area contributed by atoms with Gasteiger partial charge in [0.15, 0.2) is 5.82 Å². The van der Waals surface area contributed by atoms with E-state index in [-0.39, 0.29) is 34.0 Å². The average molecular weight is 434 g/mol.